The summed E-state index contributed by atoms with van der Waals surface area (Å²) < 4.78 is 10.4. The van der Waals surface area contributed by atoms with Gasteiger partial charge in [0.05, 0.1) is 29.8 Å². The van der Waals surface area contributed by atoms with Crippen LogP contribution in [0.4, 0.5) is 0 Å². The van der Waals surface area contributed by atoms with Gasteiger partial charge in [-0.25, -0.2) is 9.78 Å². The van der Waals surface area contributed by atoms with Crippen LogP contribution in [-0.2, 0) is 11.2 Å². The molecule has 1 aromatic heterocycles. The van der Waals surface area contributed by atoms with Crippen LogP contribution in [-0.4, -0.2) is 29.2 Å². The van der Waals surface area contributed by atoms with Crippen molar-refractivity contribution < 1.29 is 14.3 Å². The number of carbonyl (C=O) groups is 1. The molecule has 0 bridgehead atoms. The molecule has 0 saturated heterocycles. The Labute approximate surface area is 140 Å². The smallest absolute Gasteiger partial charge is 0.337 e. The van der Waals surface area contributed by atoms with Gasteiger partial charge in [-0.1, -0.05) is 12.1 Å². The largest absolute Gasteiger partial charge is 0.491 e. The Morgan fingerprint density at radius 1 is 1.17 bits per heavy atom. The molecule has 1 heterocycles. The first kappa shape index (κ1) is 16.1. The van der Waals surface area contributed by atoms with Crippen LogP contribution in [0.25, 0.3) is 11.0 Å². The van der Waals surface area contributed by atoms with Crippen molar-refractivity contribution in [3.8, 4) is 5.75 Å². The number of benzene rings is 2. The Hall–Kier alpha value is -2.82. The Kier molecular flexibility index (Phi) is 4.51. The quantitative estimate of drug-likeness (QED) is 0.726. The predicted molar refractivity (Wildman–Crippen MR) is 92.4 cm³/mol. The highest BCUT2D eigenvalue weighted by atomic mass is 16.5. The summed E-state index contributed by atoms with van der Waals surface area (Å²) in [7, 11) is 1.37. The van der Waals surface area contributed by atoms with Crippen LogP contribution in [0.5, 0.6) is 5.75 Å². The van der Waals surface area contributed by atoms with E-state index in [1.165, 1.54) is 7.11 Å². The van der Waals surface area contributed by atoms with Crippen LogP contribution >= 0.6 is 0 Å². The summed E-state index contributed by atoms with van der Waals surface area (Å²) in [5.74, 6) is 1.36. The van der Waals surface area contributed by atoms with Crippen LogP contribution in [0.2, 0.25) is 0 Å². The van der Waals surface area contributed by atoms with Gasteiger partial charge in [-0.05, 0) is 49.7 Å². The zero-order valence-electron chi connectivity index (χ0n) is 14.0. The van der Waals surface area contributed by atoms with E-state index < -0.39 is 0 Å². The zero-order valence-corrected chi connectivity index (χ0v) is 14.0. The number of rotatable bonds is 5. The number of fused-ring (bicyclic) bond motifs is 1. The first-order valence-corrected chi connectivity index (χ1v) is 7.87. The van der Waals surface area contributed by atoms with E-state index in [-0.39, 0.29) is 12.1 Å². The maximum absolute atomic E-state index is 11.6. The van der Waals surface area contributed by atoms with E-state index in [2.05, 4.69) is 9.97 Å². The number of hydrogen-bond acceptors (Lipinski definition) is 4. The zero-order chi connectivity index (χ0) is 17.1. The van der Waals surface area contributed by atoms with E-state index in [1.807, 2.05) is 44.2 Å². The van der Waals surface area contributed by atoms with Crippen molar-refractivity contribution in [3.05, 3.63) is 59.4 Å². The minimum atomic E-state index is -0.353. The van der Waals surface area contributed by atoms with Crippen molar-refractivity contribution in [1.82, 2.24) is 9.97 Å². The summed E-state index contributed by atoms with van der Waals surface area (Å²) in [6.07, 6.45) is 0.847. The molecule has 0 radical (unpaired) electrons. The highest BCUT2D eigenvalue weighted by molar-refractivity contribution is 5.93. The van der Waals surface area contributed by atoms with Crippen LogP contribution in [0.3, 0.4) is 0 Å². The Morgan fingerprint density at radius 2 is 1.92 bits per heavy atom. The van der Waals surface area contributed by atoms with Crippen LogP contribution in [0, 0.1) is 0 Å². The molecule has 0 amide bonds. The minimum absolute atomic E-state index is 0.162. The second-order valence-electron chi connectivity index (χ2n) is 5.89. The van der Waals surface area contributed by atoms with Crippen LogP contribution in [0.15, 0.2) is 42.5 Å². The number of H-pyrrole nitrogens is 1. The van der Waals surface area contributed by atoms with E-state index in [4.69, 9.17) is 9.47 Å². The molecule has 124 valence electrons. The molecule has 0 atom stereocenters. The monoisotopic (exact) mass is 324 g/mol. The fourth-order valence-corrected chi connectivity index (χ4v) is 2.54. The molecule has 0 saturated carbocycles. The number of nitrogens with one attached hydrogen (secondary N) is 1. The molecular weight excluding hydrogens is 304 g/mol. The molecule has 0 aliphatic rings. The topological polar surface area (TPSA) is 64.2 Å². The molecule has 3 aromatic rings. The fraction of sp³-hybridized carbons (Fsp3) is 0.263. The highest BCUT2D eigenvalue weighted by Gasteiger charge is 2.09. The Balaban J connectivity index is 1.78. The Morgan fingerprint density at radius 3 is 2.58 bits per heavy atom. The highest BCUT2D eigenvalue weighted by Crippen LogP contribution is 2.18. The van der Waals surface area contributed by atoms with Gasteiger partial charge >= 0.3 is 5.97 Å². The first-order chi connectivity index (χ1) is 11.5. The van der Waals surface area contributed by atoms with Gasteiger partial charge in [-0.15, -0.1) is 0 Å². The molecule has 0 aliphatic carbocycles. The van der Waals surface area contributed by atoms with Crippen molar-refractivity contribution in [3.63, 3.8) is 0 Å². The number of esters is 1. The Bertz CT molecular complexity index is 851. The number of carbonyl (C=O) groups excluding carboxylic acids is 1. The third-order valence-corrected chi connectivity index (χ3v) is 3.62. The summed E-state index contributed by atoms with van der Waals surface area (Å²) in [5, 5.41) is 0. The molecule has 3 rings (SSSR count). The maximum atomic E-state index is 11.6. The third kappa shape index (κ3) is 3.56. The van der Waals surface area contributed by atoms with E-state index in [0.29, 0.717) is 12.0 Å². The molecule has 0 fully saturated rings. The lowest BCUT2D eigenvalue weighted by molar-refractivity contribution is 0.0601. The van der Waals surface area contributed by atoms with E-state index in [1.54, 1.807) is 12.1 Å². The summed E-state index contributed by atoms with van der Waals surface area (Å²) >= 11 is 0. The standard InChI is InChI=1S/C19H20N2O3/c1-12(2)24-15-7-4-13(5-8-15)10-18-20-16-9-6-14(19(22)23-3)11-17(16)21-18/h4-9,11-12H,10H2,1-3H3,(H,20,21). The van der Waals surface area contributed by atoms with E-state index in [0.717, 1.165) is 28.2 Å². The van der Waals surface area contributed by atoms with Gasteiger partial charge in [0, 0.05) is 6.42 Å². The number of nitrogens with zero attached hydrogens (tertiary/aromatic N) is 1. The van der Waals surface area contributed by atoms with Gasteiger partial charge < -0.3 is 14.5 Å². The normalized spacial score (nSPS) is 11.0. The molecule has 0 aliphatic heterocycles. The van der Waals surface area contributed by atoms with Crippen LogP contribution in [0.1, 0.15) is 35.6 Å². The average Bonchev–Trinajstić information content (AvgIpc) is 2.96. The summed E-state index contributed by atoms with van der Waals surface area (Å²) in [6, 6.07) is 13.3. The van der Waals surface area contributed by atoms with Gasteiger partial charge in [-0.3, -0.25) is 0 Å². The average molecular weight is 324 g/mol. The molecule has 1 N–H and O–H groups in total. The van der Waals surface area contributed by atoms with Crippen molar-refractivity contribution in [2.75, 3.05) is 7.11 Å². The second kappa shape index (κ2) is 6.74. The lowest BCUT2D eigenvalue weighted by atomic mass is 10.1. The second-order valence-corrected chi connectivity index (χ2v) is 5.89. The number of ether oxygens (including phenoxy) is 2. The summed E-state index contributed by atoms with van der Waals surface area (Å²) in [5.41, 5.74) is 3.30. The lowest BCUT2D eigenvalue weighted by Crippen LogP contribution is -2.05. The third-order valence-electron chi connectivity index (χ3n) is 3.62. The van der Waals surface area contributed by atoms with Gasteiger partial charge in [0.2, 0.25) is 0 Å². The predicted octanol–water partition coefficient (Wildman–Crippen LogP) is 3.73. The van der Waals surface area contributed by atoms with Crippen molar-refractivity contribution in [1.29, 1.82) is 0 Å². The number of methoxy groups -OCH3 is 1. The number of aromatic nitrogens is 2. The fourth-order valence-electron chi connectivity index (χ4n) is 2.54. The van der Waals surface area contributed by atoms with Crippen molar-refractivity contribution in [2.24, 2.45) is 0 Å². The lowest BCUT2D eigenvalue weighted by Gasteiger charge is -2.09. The first-order valence-electron chi connectivity index (χ1n) is 7.87. The molecule has 2 aromatic carbocycles. The summed E-state index contributed by atoms with van der Waals surface area (Å²) in [4.78, 5) is 19.4. The molecular formula is C19H20N2O3. The maximum Gasteiger partial charge on any atom is 0.337 e. The number of hydrogen-bond donors (Lipinski definition) is 1. The molecule has 24 heavy (non-hydrogen) atoms. The number of imidazole rings is 1. The van der Waals surface area contributed by atoms with E-state index >= 15 is 0 Å². The summed E-state index contributed by atoms with van der Waals surface area (Å²) in [6.45, 7) is 4.01. The molecule has 5 heteroatoms. The van der Waals surface area contributed by atoms with Gasteiger partial charge in [0.1, 0.15) is 11.6 Å². The van der Waals surface area contributed by atoms with Crippen molar-refractivity contribution in [2.45, 2.75) is 26.4 Å². The molecule has 5 nitrogen and oxygen atoms in total. The minimum Gasteiger partial charge on any atom is -0.491 e. The van der Waals surface area contributed by atoms with Gasteiger partial charge in [-0.2, -0.15) is 0 Å². The molecule has 0 spiro atoms. The molecule has 0 unspecified atom stereocenters. The SMILES string of the molecule is COC(=O)c1ccc2nc(Cc3ccc(OC(C)C)cc3)[nH]c2c1. The van der Waals surface area contributed by atoms with Crippen LogP contribution < -0.4 is 4.74 Å². The number of aromatic amines is 1. The van der Waals surface area contributed by atoms with E-state index in [9.17, 15) is 4.79 Å². The van der Waals surface area contributed by atoms with Gasteiger partial charge in [0.25, 0.3) is 0 Å². The van der Waals surface area contributed by atoms with Crippen molar-refractivity contribution >= 4 is 17.0 Å². The van der Waals surface area contributed by atoms with Gasteiger partial charge in [0.15, 0.2) is 0 Å².